The van der Waals surface area contributed by atoms with Crippen molar-refractivity contribution in [2.75, 3.05) is 6.61 Å². The Kier molecular flexibility index (Phi) is 1.87. The molecular weight excluding hydrogens is 166 g/mol. The molecule has 2 rings (SSSR count). The highest BCUT2D eigenvalue weighted by atomic mass is 16.5. The fourth-order valence-corrected chi connectivity index (χ4v) is 1.59. The molecule has 1 aliphatic rings. The smallest absolute Gasteiger partial charge is 0.144 e. The summed E-state index contributed by atoms with van der Waals surface area (Å²) >= 11 is 0. The Bertz CT molecular complexity index is 334. The lowest BCUT2D eigenvalue weighted by molar-refractivity contribution is 0.355. The Morgan fingerprint density at radius 1 is 1.54 bits per heavy atom. The van der Waals surface area contributed by atoms with Gasteiger partial charge in [-0.2, -0.15) is 0 Å². The molecule has 0 saturated heterocycles. The minimum atomic E-state index is 0.255. The fraction of sp³-hybridized carbons (Fsp3) is 0.500. The third-order valence-electron chi connectivity index (χ3n) is 2.30. The third kappa shape index (κ3) is 1.24. The normalized spacial score (nSPS) is 14.4. The van der Waals surface area contributed by atoms with Crippen LogP contribution in [0.4, 0.5) is 0 Å². The first kappa shape index (κ1) is 8.35. The third-order valence-corrected chi connectivity index (χ3v) is 2.30. The molecule has 0 spiro atoms. The van der Waals surface area contributed by atoms with E-state index in [9.17, 15) is 5.11 Å². The van der Waals surface area contributed by atoms with E-state index in [1.165, 1.54) is 0 Å². The number of rotatable bonds is 1. The Morgan fingerprint density at radius 2 is 2.31 bits per heavy atom. The molecule has 0 atom stereocenters. The van der Waals surface area contributed by atoms with Gasteiger partial charge in [0.25, 0.3) is 0 Å². The number of aromatic hydroxyl groups is 1. The molecule has 0 amide bonds. The lowest BCUT2D eigenvalue weighted by atomic mass is 10.0. The quantitative estimate of drug-likeness (QED) is 0.715. The van der Waals surface area contributed by atoms with Gasteiger partial charge in [0, 0.05) is 12.0 Å². The van der Waals surface area contributed by atoms with Gasteiger partial charge in [0.1, 0.15) is 11.5 Å². The van der Waals surface area contributed by atoms with Crippen molar-refractivity contribution < 1.29 is 9.84 Å². The van der Waals surface area contributed by atoms with Crippen LogP contribution in [-0.2, 0) is 6.42 Å². The Labute approximate surface area is 77.4 Å². The van der Waals surface area contributed by atoms with E-state index in [0.29, 0.717) is 12.4 Å². The lowest BCUT2D eigenvalue weighted by Crippen LogP contribution is -1.95. The van der Waals surface area contributed by atoms with Crippen LogP contribution in [0.5, 0.6) is 11.5 Å². The summed E-state index contributed by atoms with van der Waals surface area (Å²) < 4.78 is 5.29. The highest BCUT2D eigenvalue weighted by Crippen LogP contribution is 2.36. The van der Waals surface area contributed by atoms with E-state index in [1.807, 2.05) is 13.8 Å². The molecule has 1 aliphatic heterocycles. The molecule has 13 heavy (non-hydrogen) atoms. The molecule has 0 aromatic carbocycles. The molecule has 0 aliphatic carbocycles. The molecule has 0 saturated carbocycles. The van der Waals surface area contributed by atoms with Gasteiger partial charge in [-0.25, -0.2) is 0 Å². The number of pyridine rings is 1. The van der Waals surface area contributed by atoms with Crippen LogP contribution in [0.15, 0.2) is 6.20 Å². The van der Waals surface area contributed by atoms with Crippen LogP contribution >= 0.6 is 0 Å². The minimum absolute atomic E-state index is 0.255. The molecule has 1 N–H and O–H groups in total. The van der Waals surface area contributed by atoms with Crippen LogP contribution in [-0.4, -0.2) is 16.7 Å². The van der Waals surface area contributed by atoms with E-state index in [2.05, 4.69) is 4.98 Å². The van der Waals surface area contributed by atoms with E-state index in [0.717, 1.165) is 23.4 Å². The maximum absolute atomic E-state index is 9.84. The van der Waals surface area contributed by atoms with Crippen molar-refractivity contribution in [3.05, 3.63) is 17.5 Å². The molecule has 3 heteroatoms. The van der Waals surface area contributed by atoms with Gasteiger partial charge < -0.3 is 9.84 Å². The zero-order valence-corrected chi connectivity index (χ0v) is 7.87. The van der Waals surface area contributed by atoms with Crippen LogP contribution < -0.4 is 4.74 Å². The van der Waals surface area contributed by atoms with Crippen molar-refractivity contribution in [2.45, 2.75) is 26.2 Å². The summed E-state index contributed by atoms with van der Waals surface area (Å²) in [4.78, 5) is 4.17. The largest absolute Gasteiger partial charge is 0.506 e. The highest BCUT2D eigenvalue weighted by molar-refractivity contribution is 5.48. The molecular formula is C10H13NO2. The number of hydrogen-bond acceptors (Lipinski definition) is 3. The summed E-state index contributed by atoms with van der Waals surface area (Å²) in [6.45, 7) is 4.70. The molecule has 2 heterocycles. The molecule has 70 valence electrons. The highest BCUT2D eigenvalue weighted by Gasteiger charge is 2.20. The van der Waals surface area contributed by atoms with Gasteiger partial charge in [-0.1, -0.05) is 13.8 Å². The SMILES string of the molecule is CC(C)c1ncc2c(c1O)CCO2. The lowest BCUT2D eigenvalue weighted by Gasteiger charge is -2.09. The first-order valence-corrected chi connectivity index (χ1v) is 4.53. The molecule has 0 fully saturated rings. The average Bonchev–Trinajstić information content (AvgIpc) is 2.52. The second-order valence-corrected chi connectivity index (χ2v) is 3.59. The van der Waals surface area contributed by atoms with Gasteiger partial charge in [0.15, 0.2) is 0 Å². The molecule has 1 aromatic rings. The summed E-state index contributed by atoms with van der Waals surface area (Å²) in [5, 5.41) is 9.84. The van der Waals surface area contributed by atoms with Gasteiger partial charge in [0.2, 0.25) is 0 Å². The number of aromatic nitrogens is 1. The van der Waals surface area contributed by atoms with Crippen molar-refractivity contribution in [1.29, 1.82) is 0 Å². The minimum Gasteiger partial charge on any atom is -0.506 e. The van der Waals surface area contributed by atoms with E-state index in [-0.39, 0.29) is 5.92 Å². The monoisotopic (exact) mass is 179 g/mol. The standard InChI is InChI=1S/C10H13NO2/c1-6(2)9-10(12)7-3-4-13-8(7)5-11-9/h5-6,12H,3-4H2,1-2H3. The first-order valence-electron chi connectivity index (χ1n) is 4.53. The van der Waals surface area contributed by atoms with Crippen molar-refractivity contribution in [1.82, 2.24) is 4.98 Å². The number of ether oxygens (including phenoxy) is 1. The summed E-state index contributed by atoms with van der Waals surface area (Å²) in [6.07, 6.45) is 2.50. The maximum Gasteiger partial charge on any atom is 0.144 e. The first-order chi connectivity index (χ1) is 6.20. The zero-order valence-electron chi connectivity index (χ0n) is 7.87. The topological polar surface area (TPSA) is 42.4 Å². The van der Waals surface area contributed by atoms with Crippen LogP contribution in [0.2, 0.25) is 0 Å². The number of hydrogen-bond donors (Lipinski definition) is 1. The van der Waals surface area contributed by atoms with Crippen molar-refractivity contribution in [3.63, 3.8) is 0 Å². The number of nitrogens with zero attached hydrogens (tertiary/aromatic N) is 1. The van der Waals surface area contributed by atoms with Gasteiger partial charge in [-0.05, 0) is 5.92 Å². The van der Waals surface area contributed by atoms with Crippen molar-refractivity contribution in [3.8, 4) is 11.5 Å². The Balaban J connectivity index is 2.52. The second-order valence-electron chi connectivity index (χ2n) is 3.59. The second kappa shape index (κ2) is 2.91. The predicted octanol–water partition coefficient (Wildman–Crippen LogP) is 1.85. The van der Waals surface area contributed by atoms with E-state index in [4.69, 9.17) is 4.74 Å². The van der Waals surface area contributed by atoms with Gasteiger partial charge in [-0.3, -0.25) is 4.98 Å². The zero-order chi connectivity index (χ0) is 9.42. The van der Waals surface area contributed by atoms with E-state index >= 15 is 0 Å². The van der Waals surface area contributed by atoms with E-state index in [1.54, 1.807) is 6.20 Å². The van der Waals surface area contributed by atoms with E-state index < -0.39 is 0 Å². The number of fused-ring (bicyclic) bond motifs is 1. The maximum atomic E-state index is 9.84. The molecule has 0 unspecified atom stereocenters. The van der Waals surface area contributed by atoms with Crippen LogP contribution in [0.3, 0.4) is 0 Å². The van der Waals surface area contributed by atoms with Gasteiger partial charge in [0.05, 0.1) is 18.5 Å². The molecule has 0 radical (unpaired) electrons. The Morgan fingerprint density at radius 3 is 3.00 bits per heavy atom. The van der Waals surface area contributed by atoms with Crippen molar-refractivity contribution in [2.24, 2.45) is 0 Å². The summed E-state index contributed by atoms with van der Waals surface area (Å²) in [5.41, 5.74) is 1.68. The Hall–Kier alpha value is -1.25. The van der Waals surface area contributed by atoms with Crippen LogP contribution in [0, 0.1) is 0 Å². The van der Waals surface area contributed by atoms with Crippen molar-refractivity contribution >= 4 is 0 Å². The summed E-state index contributed by atoms with van der Waals surface area (Å²) in [6, 6.07) is 0. The average molecular weight is 179 g/mol. The summed E-state index contributed by atoms with van der Waals surface area (Å²) in [5.74, 6) is 1.32. The molecule has 3 nitrogen and oxygen atoms in total. The fourth-order valence-electron chi connectivity index (χ4n) is 1.59. The summed E-state index contributed by atoms with van der Waals surface area (Å²) in [7, 11) is 0. The molecule has 0 bridgehead atoms. The predicted molar refractivity (Wildman–Crippen MR) is 49.2 cm³/mol. The molecule has 1 aromatic heterocycles. The van der Waals surface area contributed by atoms with Gasteiger partial charge in [-0.15, -0.1) is 0 Å². The van der Waals surface area contributed by atoms with Gasteiger partial charge >= 0.3 is 0 Å². The van der Waals surface area contributed by atoms with Crippen LogP contribution in [0.25, 0.3) is 0 Å². The van der Waals surface area contributed by atoms with Crippen LogP contribution in [0.1, 0.15) is 31.0 Å².